The van der Waals surface area contributed by atoms with Crippen molar-refractivity contribution in [2.75, 3.05) is 0 Å². The molecular weight excluding hydrogens is 387 g/mol. The molecule has 2 saturated carbocycles. The molecule has 0 amide bonds. The van der Waals surface area contributed by atoms with E-state index in [1.165, 1.54) is 16.7 Å². The number of carbonyl (C=O) groups excluding carboxylic acids is 1. The third-order valence-electron chi connectivity index (χ3n) is 8.28. The van der Waals surface area contributed by atoms with Crippen LogP contribution in [0.2, 0.25) is 0 Å². The molecule has 4 aliphatic rings. The van der Waals surface area contributed by atoms with Gasteiger partial charge in [0.25, 0.3) is 0 Å². The van der Waals surface area contributed by atoms with Crippen LogP contribution >= 0.6 is 0 Å². The molecule has 0 aliphatic heterocycles. The summed E-state index contributed by atoms with van der Waals surface area (Å²) in [5.41, 5.74) is 5.67. The molecule has 0 radical (unpaired) electrons. The largest absolute Gasteiger partial charge is 0.393 e. The van der Waals surface area contributed by atoms with E-state index in [2.05, 4.69) is 25.3 Å². The van der Waals surface area contributed by atoms with E-state index in [9.17, 15) is 14.3 Å². The highest BCUT2D eigenvalue weighted by Crippen LogP contribution is 2.63. The molecule has 1 aromatic rings. The normalized spacial score (nSPS) is 33.9. The first-order chi connectivity index (χ1) is 14.8. The molecule has 5 unspecified atom stereocenters. The summed E-state index contributed by atoms with van der Waals surface area (Å²) in [4.78, 5) is 12.0. The van der Waals surface area contributed by atoms with Gasteiger partial charge in [-0.15, -0.1) is 12.3 Å². The zero-order valence-corrected chi connectivity index (χ0v) is 18.9. The molecule has 3 heteroatoms. The number of aliphatic hydroxyl groups excluding tert-OH is 1. The Morgan fingerprint density at radius 3 is 2.65 bits per heavy atom. The lowest BCUT2D eigenvalue weighted by Gasteiger charge is -2.52. The molecule has 2 nitrogen and oxygen atoms in total. The second-order valence-electron chi connectivity index (χ2n) is 9.97. The third-order valence-corrected chi connectivity index (χ3v) is 8.28. The van der Waals surface area contributed by atoms with E-state index in [0.29, 0.717) is 23.8 Å². The Labute approximate surface area is 185 Å². The standard InChI is InChI=1S/C25H29FO2.C3H4/c1-14-3-4-16(12-22(14)26)20-13-25(2)21(9-10-23(25)28)19-7-5-15-11-17(27)6-8-18(15)24(19)20;1-3-2/h3-4,11-12,19-21,23,28H,5-10,13H2,1-2H3;1H,2H3. The van der Waals surface area contributed by atoms with E-state index in [4.69, 9.17) is 0 Å². The van der Waals surface area contributed by atoms with Gasteiger partial charge in [-0.25, -0.2) is 4.39 Å². The molecule has 1 N–H and O–H groups in total. The number of aryl methyl sites for hydroxylation is 1. The van der Waals surface area contributed by atoms with Gasteiger partial charge in [0.15, 0.2) is 5.78 Å². The van der Waals surface area contributed by atoms with Crippen LogP contribution in [0, 0.1) is 42.3 Å². The smallest absolute Gasteiger partial charge is 0.156 e. The molecule has 5 rings (SSSR count). The number of aliphatic hydroxyl groups is 1. The summed E-state index contributed by atoms with van der Waals surface area (Å²) in [6.07, 6.45) is 12.4. The van der Waals surface area contributed by atoms with Crippen molar-refractivity contribution in [2.24, 2.45) is 17.3 Å². The molecule has 4 aliphatic carbocycles. The maximum Gasteiger partial charge on any atom is 0.156 e. The Bertz CT molecular complexity index is 995. The zero-order valence-electron chi connectivity index (χ0n) is 18.9. The maximum atomic E-state index is 14.5. The Morgan fingerprint density at radius 1 is 1.19 bits per heavy atom. The Hall–Kier alpha value is -2.18. The average molecular weight is 421 g/mol. The fourth-order valence-corrected chi connectivity index (χ4v) is 6.76. The highest BCUT2D eigenvalue weighted by Gasteiger charge is 2.56. The van der Waals surface area contributed by atoms with Crippen molar-refractivity contribution in [2.45, 2.75) is 77.7 Å². The van der Waals surface area contributed by atoms with E-state index in [1.807, 2.05) is 12.1 Å². The average Bonchev–Trinajstić information content (AvgIpc) is 3.04. The van der Waals surface area contributed by atoms with Gasteiger partial charge in [-0.2, -0.15) is 0 Å². The predicted molar refractivity (Wildman–Crippen MR) is 122 cm³/mol. The van der Waals surface area contributed by atoms with Gasteiger partial charge < -0.3 is 5.11 Å². The Kier molecular flexibility index (Phi) is 5.97. The zero-order chi connectivity index (χ0) is 22.3. The van der Waals surface area contributed by atoms with Gasteiger partial charge in [0.2, 0.25) is 0 Å². The fourth-order valence-electron chi connectivity index (χ4n) is 6.76. The summed E-state index contributed by atoms with van der Waals surface area (Å²) in [5.74, 6) is 3.43. The number of allylic oxidation sites excluding steroid dienone is 4. The number of hydrogen-bond donors (Lipinski definition) is 1. The van der Waals surface area contributed by atoms with E-state index in [-0.39, 0.29) is 29.0 Å². The first kappa shape index (κ1) is 22.0. The van der Waals surface area contributed by atoms with Gasteiger partial charge >= 0.3 is 0 Å². The summed E-state index contributed by atoms with van der Waals surface area (Å²) >= 11 is 0. The molecule has 0 saturated heterocycles. The van der Waals surface area contributed by atoms with Crippen LogP contribution in [-0.4, -0.2) is 17.0 Å². The molecule has 164 valence electrons. The minimum Gasteiger partial charge on any atom is -0.393 e. The van der Waals surface area contributed by atoms with Gasteiger partial charge in [0.05, 0.1) is 6.10 Å². The molecule has 31 heavy (non-hydrogen) atoms. The predicted octanol–water partition coefficient (Wildman–Crippen LogP) is 6.03. The molecule has 0 heterocycles. The van der Waals surface area contributed by atoms with Crippen LogP contribution in [0.25, 0.3) is 0 Å². The summed E-state index contributed by atoms with van der Waals surface area (Å²) in [5, 5.41) is 10.9. The highest BCUT2D eigenvalue weighted by molar-refractivity contribution is 5.93. The topological polar surface area (TPSA) is 37.3 Å². The molecule has 5 atom stereocenters. The van der Waals surface area contributed by atoms with Crippen molar-refractivity contribution in [3.8, 4) is 12.3 Å². The van der Waals surface area contributed by atoms with Crippen LogP contribution in [0.5, 0.6) is 0 Å². The lowest BCUT2D eigenvalue weighted by atomic mass is 9.53. The SMILES string of the molecule is C#CC.Cc1ccc(C2CC3(C)C(O)CCC3C3CCC4=CC(=O)CCC4=C23)cc1F. The molecule has 2 fully saturated rings. The lowest BCUT2D eigenvalue weighted by molar-refractivity contribution is -0.114. The Morgan fingerprint density at radius 2 is 1.94 bits per heavy atom. The van der Waals surface area contributed by atoms with Crippen LogP contribution in [0.4, 0.5) is 4.39 Å². The lowest BCUT2D eigenvalue weighted by Crippen LogP contribution is -2.45. The summed E-state index contributed by atoms with van der Waals surface area (Å²) < 4.78 is 14.5. The van der Waals surface area contributed by atoms with Gasteiger partial charge in [0.1, 0.15) is 5.82 Å². The van der Waals surface area contributed by atoms with Crippen molar-refractivity contribution in [3.05, 3.63) is 57.9 Å². The van der Waals surface area contributed by atoms with Gasteiger partial charge in [-0.3, -0.25) is 4.79 Å². The summed E-state index contributed by atoms with van der Waals surface area (Å²) in [7, 11) is 0. The highest BCUT2D eigenvalue weighted by atomic mass is 19.1. The van der Waals surface area contributed by atoms with Crippen molar-refractivity contribution in [1.82, 2.24) is 0 Å². The maximum absolute atomic E-state index is 14.5. The van der Waals surface area contributed by atoms with Crippen LogP contribution in [0.15, 0.2) is 41.0 Å². The van der Waals surface area contributed by atoms with Crippen LogP contribution in [-0.2, 0) is 4.79 Å². The van der Waals surface area contributed by atoms with Crippen molar-refractivity contribution in [1.29, 1.82) is 0 Å². The second kappa shape index (κ2) is 8.40. The van der Waals surface area contributed by atoms with Crippen molar-refractivity contribution in [3.63, 3.8) is 0 Å². The minimum atomic E-state index is -0.272. The summed E-state index contributed by atoms with van der Waals surface area (Å²) in [6, 6.07) is 5.67. The molecule has 0 aromatic heterocycles. The second-order valence-corrected chi connectivity index (χ2v) is 9.97. The van der Waals surface area contributed by atoms with Crippen molar-refractivity contribution >= 4 is 5.78 Å². The van der Waals surface area contributed by atoms with Crippen LogP contribution < -0.4 is 0 Å². The third kappa shape index (κ3) is 3.70. The number of ketones is 1. The van der Waals surface area contributed by atoms with Gasteiger partial charge in [-0.05, 0) is 104 Å². The number of fused-ring (bicyclic) bond motifs is 4. The van der Waals surface area contributed by atoms with Crippen LogP contribution in [0.1, 0.15) is 75.8 Å². The van der Waals surface area contributed by atoms with Gasteiger partial charge in [0, 0.05) is 12.3 Å². The molecule has 0 bridgehead atoms. The number of hydrogen-bond acceptors (Lipinski definition) is 2. The van der Waals surface area contributed by atoms with E-state index in [0.717, 1.165) is 44.1 Å². The van der Waals surface area contributed by atoms with Gasteiger partial charge in [-0.1, -0.05) is 24.6 Å². The van der Waals surface area contributed by atoms with E-state index in [1.54, 1.807) is 19.9 Å². The number of benzene rings is 1. The number of terminal acetylenes is 1. The van der Waals surface area contributed by atoms with Crippen LogP contribution in [0.3, 0.4) is 0 Å². The minimum absolute atomic E-state index is 0.105. The number of carbonyl (C=O) groups is 1. The Balaban J connectivity index is 0.000000730. The first-order valence-corrected chi connectivity index (χ1v) is 11.6. The number of rotatable bonds is 1. The van der Waals surface area contributed by atoms with E-state index < -0.39 is 0 Å². The summed E-state index contributed by atoms with van der Waals surface area (Å²) in [6.45, 7) is 5.71. The monoisotopic (exact) mass is 420 g/mol. The molecule has 0 spiro atoms. The molecule has 1 aromatic carbocycles. The first-order valence-electron chi connectivity index (χ1n) is 11.6. The number of halogens is 1. The quantitative estimate of drug-likeness (QED) is 0.563. The fraction of sp³-hybridized carbons (Fsp3) is 0.536. The molecular formula is C28H33FO2. The van der Waals surface area contributed by atoms with Crippen molar-refractivity contribution < 1.29 is 14.3 Å². The van der Waals surface area contributed by atoms with E-state index >= 15 is 0 Å².